The summed E-state index contributed by atoms with van der Waals surface area (Å²) in [7, 11) is 0. The zero-order valence-electron chi connectivity index (χ0n) is 10.8. The van der Waals surface area contributed by atoms with E-state index in [9.17, 15) is 4.79 Å². The Morgan fingerprint density at radius 2 is 1.72 bits per heavy atom. The van der Waals surface area contributed by atoms with Crippen LogP contribution in [0.3, 0.4) is 0 Å². The predicted octanol–water partition coefficient (Wildman–Crippen LogP) is 2.23. The van der Waals surface area contributed by atoms with Gasteiger partial charge in [0.2, 0.25) is 0 Å². The maximum absolute atomic E-state index is 11.8. The fourth-order valence-electron chi connectivity index (χ4n) is 1.64. The topological polar surface area (TPSA) is 55.1 Å². The number of hydrogen-bond donors (Lipinski definition) is 2. The van der Waals surface area contributed by atoms with Crippen molar-refractivity contribution in [1.82, 2.24) is 5.32 Å². The first-order valence-corrected chi connectivity index (χ1v) is 6.54. The maximum atomic E-state index is 11.8. The van der Waals surface area contributed by atoms with E-state index in [4.69, 9.17) is 5.73 Å². The third-order valence-electron chi connectivity index (χ3n) is 2.67. The average molecular weight is 246 g/mol. The summed E-state index contributed by atoms with van der Waals surface area (Å²) in [6.07, 6.45) is 17.5. The smallest absolute Gasteiger partial charge is 0.251 e. The molecular weight excluding hydrogens is 224 g/mol. The Morgan fingerprint density at radius 1 is 1.00 bits per heavy atom. The van der Waals surface area contributed by atoms with E-state index >= 15 is 0 Å². The van der Waals surface area contributed by atoms with Gasteiger partial charge in [-0.05, 0) is 31.5 Å². The van der Waals surface area contributed by atoms with Gasteiger partial charge in [0.15, 0.2) is 0 Å². The molecule has 0 aliphatic heterocycles. The van der Waals surface area contributed by atoms with Gasteiger partial charge in [0, 0.05) is 12.1 Å². The first-order chi connectivity index (χ1) is 8.84. The zero-order valence-corrected chi connectivity index (χ0v) is 10.8. The van der Waals surface area contributed by atoms with Crippen LogP contribution in [0, 0.1) is 0 Å². The molecule has 0 aromatic carbocycles. The minimum atomic E-state index is -0.00924. The molecule has 3 nitrogen and oxygen atoms in total. The van der Waals surface area contributed by atoms with Gasteiger partial charge < -0.3 is 11.1 Å². The number of nitrogens with one attached hydrogen (secondary N) is 1. The molecule has 0 heterocycles. The molecule has 3 heteroatoms. The Morgan fingerprint density at radius 3 is 2.56 bits per heavy atom. The summed E-state index contributed by atoms with van der Waals surface area (Å²) in [6, 6.07) is 0. The highest BCUT2D eigenvalue weighted by atomic mass is 16.1. The van der Waals surface area contributed by atoms with E-state index in [1.807, 2.05) is 42.5 Å². The molecule has 0 saturated carbocycles. The van der Waals surface area contributed by atoms with Crippen molar-refractivity contribution in [3.05, 3.63) is 48.1 Å². The number of carbonyl (C=O) groups is 1. The number of nitrogens with two attached hydrogens (primary N) is 1. The number of carbonyl (C=O) groups excluding carboxylic acids is 1. The van der Waals surface area contributed by atoms with Crippen LogP contribution in [0.5, 0.6) is 0 Å². The monoisotopic (exact) mass is 246 g/mol. The lowest BCUT2D eigenvalue weighted by Gasteiger charge is -2.05. The molecular formula is C15H22N2O. The van der Waals surface area contributed by atoms with Crippen molar-refractivity contribution in [3.63, 3.8) is 0 Å². The molecule has 1 rings (SSSR count). The van der Waals surface area contributed by atoms with Crippen molar-refractivity contribution in [1.29, 1.82) is 0 Å². The molecule has 3 N–H and O–H groups in total. The second-order valence-corrected chi connectivity index (χ2v) is 4.21. The van der Waals surface area contributed by atoms with Gasteiger partial charge in [-0.15, -0.1) is 0 Å². The Bertz CT molecular complexity index is 365. The fourth-order valence-corrected chi connectivity index (χ4v) is 1.64. The van der Waals surface area contributed by atoms with E-state index < -0.39 is 0 Å². The second kappa shape index (κ2) is 9.42. The molecule has 0 aromatic rings. The van der Waals surface area contributed by atoms with Crippen LogP contribution >= 0.6 is 0 Å². The van der Waals surface area contributed by atoms with E-state index in [0.29, 0.717) is 5.57 Å². The highest BCUT2D eigenvalue weighted by Gasteiger charge is 2.04. The van der Waals surface area contributed by atoms with Gasteiger partial charge in [0.05, 0.1) is 0 Å². The van der Waals surface area contributed by atoms with Crippen LogP contribution in [0.1, 0.15) is 25.7 Å². The van der Waals surface area contributed by atoms with E-state index in [2.05, 4.69) is 5.32 Å². The molecule has 0 aromatic heterocycles. The van der Waals surface area contributed by atoms with Gasteiger partial charge in [0.1, 0.15) is 0 Å². The van der Waals surface area contributed by atoms with Crippen molar-refractivity contribution in [2.75, 3.05) is 13.1 Å². The largest absolute Gasteiger partial charge is 0.352 e. The second-order valence-electron chi connectivity index (χ2n) is 4.21. The Labute approximate surface area is 109 Å². The third-order valence-corrected chi connectivity index (χ3v) is 2.67. The van der Waals surface area contributed by atoms with E-state index in [0.717, 1.165) is 38.8 Å². The van der Waals surface area contributed by atoms with Crippen molar-refractivity contribution in [2.24, 2.45) is 5.73 Å². The molecule has 0 radical (unpaired) electrons. The van der Waals surface area contributed by atoms with E-state index in [1.165, 1.54) is 0 Å². The van der Waals surface area contributed by atoms with Gasteiger partial charge in [-0.3, -0.25) is 4.79 Å². The highest BCUT2D eigenvalue weighted by molar-refractivity contribution is 5.96. The summed E-state index contributed by atoms with van der Waals surface area (Å²) in [5.41, 5.74) is 6.11. The van der Waals surface area contributed by atoms with Crippen LogP contribution in [-0.4, -0.2) is 19.0 Å². The molecule has 0 saturated heterocycles. The van der Waals surface area contributed by atoms with Crippen molar-refractivity contribution in [3.8, 4) is 0 Å². The molecule has 18 heavy (non-hydrogen) atoms. The van der Waals surface area contributed by atoms with Gasteiger partial charge >= 0.3 is 0 Å². The summed E-state index contributed by atoms with van der Waals surface area (Å²) in [6.45, 7) is 1.48. The number of amides is 1. The van der Waals surface area contributed by atoms with Gasteiger partial charge in [-0.25, -0.2) is 0 Å². The summed E-state index contributed by atoms with van der Waals surface area (Å²) >= 11 is 0. The maximum Gasteiger partial charge on any atom is 0.251 e. The van der Waals surface area contributed by atoms with Gasteiger partial charge in [-0.1, -0.05) is 43.2 Å². The normalized spacial score (nSPS) is 13.9. The predicted molar refractivity (Wildman–Crippen MR) is 76.0 cm³/mol. The molecule has 0 bridgehead atoms. The molecule has 1 aliphatic rings. The summed E-state index contributed by atoms with van der Waals surface area (Å²) < 4.78 is 0. The molecule has 0 fully saturated rings. The number of rotatable bonds is 7. The summed E-state index contributed by atoms with van der Waals surface area (Å²) in [5.74, 6) is -0.00924. The van der Waals surface area contributed by atoms with Crippen LogP contribution in [0.15, 0.2) is 48.1 Å². The molecule has 98 valence electrons. The fraction of sp³-hybridized carbons (Fsp3) is 0.400. The van der Waals surface area contributed by atoms with E-state index in [-0.39, 0.29) is 5.91 Å². The number of unbranched alkanes of at least 4 members (excludes halogenated alkanes) is 3. The summed E-state index contributed by atoms with van der Waals surface area (Å²) in [4.78, 5) is 11.8. The van der Waals surface area contributed by atoms with Crippen molar-refractivity contribution < 1.29 is 4.79 Å². The summed E-state index contributed by atoms with van der Waals surface area (Å²) in [5, 5.41) is 2.93. The van der Waals surface area contributed by atoms with Crippen molar-refractivity contribution in [2.45, 2.75) is 25.7 Å². The zero-order chi connectivity index (χ0) is 13.1. The lowest BCUT2D eigenvalue weighted by atomic mass is 10.1. The SMILES string of the molecule is NCCCCCCNC(=O)C1=CC=CC=CC=C1. The van der Waals surface area contributed by atoms with Crippen LogP contribution in [0.25, 0.3) is 0 Å². The Hall–Kier alpha value is -1.61. The quantitative estimate of drug-likeness (QED) is 0.677. The van der Waals surface area contributed by atoms with Crippen LogP contribution in [0.4, 0.5) is 0 Å². The van der Waals surface area contributed by atoms with Crippen molar-refractivity contribution >= 4 is 5.91 Å². The third kappa shape index (κ3) is 6.21. The molecule has 0 spiro atoms. The average Bonchev–Trinajstić information content (AvgIpc) is 2.33. The lowest BCUT2D eigenvalue weighted by molar-refractivity contribution is -0.117. The van der Waals surface area contributed by atoms with Crippen LogP contribution < -0.4 is 11.1 Å². The minimum Gasteiger partial charge on any atom is -0.352 e. The first-order valence-electron chi connectivity index (χ1n) is 6.54. The first kappa shape index (κ1) is 14.5. The standard InChI is InChI=1S/C15H22N2O/c16-12-8-4-5-9-13-17-15(18)14-10-6-2-1-3-7-11-14/h1-3,6-7,10-11H,4-5,8-9,12-13,16H2,(H,17,18). The molecule has 0 atom stereocenters. The molecule has 1 aliphatic carbocycles. The van der Waals surface area contributed by atoms with Gasteiger partial charge in [0.25, 0.3) is 5.91 Å². The van der Waals surface area contributed by atoms with Gasteiger partial charge in [-0.2, -0.15) is 0 Å². The highest BCUT2D eigenvalue weighted by Crippen LogP contribution is 2.02. The Balaban J connectivity index is 2.24. The number of hydrogen-bond acceptors (Lipinski definition) is 2. The van der Waals surface area contributed by atoms with Crippen LogP contribution in [0.2, 0.25) is 0 Å². The minimum absolute atomic E-state index is 0.00924. The molecule has 0 unspecified atom stereocenters. The lowest BCUT2D eigenvalue weighted by Crippen LogP contribution is -2.25. The molecule has 1 amide bonds. The van der Waals surface area contributed by atoms with Crippen LogP contribution in [-0.2, 0) is 4.79 Å². The number of allylic oxidation sites excluding steroid dienone is 6. The Kier molecular flexibility index (Phi) is 7.57. The van der Waals surface area contributed by atoms with E-state index in [1.54, 1.807) is 0 Å².